The molecule has 0 bridgehead atoms. The highest BCUT2D eigenvalue weighted by atomic mass is 16.5. The third kappa shape index (κ3) is 5.02. The van der Waals surface area contributed by atoms with Gasteiger partial charge in [0, 0.05) is 18.9 Å². The monoisotopic (exact) mass is 292 g/mol. The first-order valence-electron chi connectivity index (χ1n) is 7.36. The maximum absolute atomic E-state index is 11.8. The number of benzene rings is 1. The molecule has 2 rings (SSSR count). The van der Waals surface area contributed by atoms with Gasteiger partial charge in [-0.2, -0.15) is 0 Å². The number of nitrogens with one attached hydrogen (secondary N) is 1. The largest absolute Gasteiger partial charge is 0.493 e. The van der Waals surface area contributed by atoms with Gasteiger partial charge in [0.05, 0.1) is 12.1 Å². The standard InChI is InChI=1S/C16H24N2O3/c1-16(2,17)15(19)18-13-3-5-14(6-4-13)21-11-12-7-9-20-10-8-12/h3-6,12H,7-11,17H2,1-2H3,(H,18,19). The van der Waals surface area contributed by atoms with Crippen molar-refractivity contribution in [1.29, 1.82) is 0 Å². The predicted octanol–water partition coefficient (Wildman–Crippen LogP) is 2.17. The van der Waals surface area contributed by atoms with Gasteiger partial charge in [-0.05, 0) is 56.9 Å². The number of hydrogen-bond donors (Lipinski definition) is 2. The molecule has 116 valence electrons. The van der Waals surface area contributed by atoms with Crippen molar-refractivity contribution in [2.45, 2.75) is 32.2 Å². The molecule has 1 saturated heterocycles. The summed E-state index contributed by atoms with van der Waals surface area (Å²) in [5.41, 5.74) is 5.57. The molecule has 1 aromatic carbocycles. The molecular weight excluding hydrogens is 268 g/mol. The zero-order valence-corrected chi connectivity index (χ0v) is 12.7. The second-order valence-electron chi connectivity index (χ2n) is 6.07. The number of ether oxygens (including phenoxy) is 2. The highest BCUT2D eigenvalue weighted by molar-refractivity contribution is 5.97. The fourth-order valence-electron chi connectivity index (χ4n) is 2.05. The number of nitrogens with two attached hydrogens (primary N) is 1. The van der Waals surface area contributed by atoms with E-state index in [1.165, 1.54) is 0 Å². The molecule has 0 aliphatic carbocycles. The van der Waals surface area contributed by atoms with Crippen LogP contribution in [0.15, 0.2) is 24.3 Å². The van der Waals surface area contributed by atoms with Gasteiger partial charge in [-0.15, -0.1) is 0 Å². The van der Waals surface area contributed by atoms with Crippen LogP contribution in [-0.4, -0.2) is 31.3 Å². The highest BCUT2D eigenvalue weighted by Gasteiger charge is 2.21. The van der Waals surface area contributed by atoms with E-state index in [0.717, 1.165) is 37.5 Å². The van der Waals surface area contributed by atoms with E-state index in [-0.39, 0.29) is 5.91 Å². The minimum atomic E-state index is -0.891. The molecule has 1 aliphatic heterocycles. The molecule has 1 amide bonds. The molecule has 0 aromatic heterocycles. The van der Waals surface area contributed by atoms with Crippen molar-refractivity contribution < 1.29 is 14.3 Å². The lowest BCUT2D eigenvalue weighted by Crippen LogP contribution is -2.45. The van der Waals surface area contributed by atoms with Gasteiger partial charge in [0.15, 0.2) is 0 Å². The molecule has 5 heteroatoms. The lowest BCUT2D eigenvalue weighted by Gasteiger charge is -2.22. The van der Waals surface area contributed by atoms with Crippen LogP contribution in [0.5, 0.6) is 5.75 Å². The molecule has 1 fully saturated rings. The van der Waals surface area contributed by atoms with Gasteiger partial charge in [-0.25, -0.2) is 0 Å². The zero-order chi connectivity index (χ0) is 15.3. The van der Waals surface area contributed by atoms with E-state index < -0.39 is 5.54 Å². The SMILES string of the molecule is CC(C)(N)C(=O)Nc1ccc(OCC2CCOCC2)cc1. The van der Waals surface area contributed by atoms with E-state index in [1.807, 2.05) is 24.3 Å². The first-order valence-corrected chi connectivity index (χ1v) is 7.36. The van der Waals surface area contributed by atoms with Gasteiger partial charge in [0.1, 0.15) is 5.75 Å². The molecule has 21 heavy (non-hydrogen) atoms. The summed E-state index contributed by atoms with van der Waals surface area (Å²) in [6, 6.07) is 7.36. The maximum atomic E-state index is 11.8. The topological polar surface area (TPSA) is 73.6 Å². The second kappa shape index (κ2) is 6.91. The van der Waals surface area contributed by atoms with Crippen molar-refractivity contribution in [1.82, 2.24) is 0 Å². The summed E-state index contributed by atoms with van der Waals surface area (Å²) >= 11 is 0. The number of carbonyl (C=O) groups is 1. The van der Waals surface area contributed by atoms with Crippen LogP contribution in [0.3, 0.4) is 0 Å². The Morgan fingerprint density at radius 3 is 2.52 bits per heavy atom. The van der Waals surface area contributed by atoms with Gasteiger partial charge >= 0.3 is 0 Å². The first kappa shape index (κ1) is 15.8. The van der Waals surface area contributed by atoms with Crippen molar-refractivity contribution in [3.63, 3.8) is 0 Å². The van der Waals surface area contributed by atoms with Crippen molar-refractivity contribution in [2.75, 3.05) is 25.1 Å². The fraction of sp³-hybridized carbons (Fsp3) is 0.562. The maximum Gasteiger partial charge on any atom is 0.243 e. The fourth-order valence-corrected chi connectivity index (χ4v) is 2.05. The Labute approximate surface area is 125 Å². The predicted molar refractivity (Wildman–Crippen MR) is 82.4 cm³/mol. The van der Waals surface area contributed by atoms with Gasteiger partial charge in [0.25, 0.3) is 0 Å². The van der Waals surface area contributed by atoms with Crippen LogP contribution >= 0.6 is 0 Å². The molecule has 1 aliphatic rings. The minimum absolute atomic E-state index is 0.210. The Kier molecular flexibility index (Phi) is 5.20. The Hall–Kier alpha value is -1.59. The summed E-state index contributed by atoms with van der Waals surface area (Å²) < 4.78 is 11.1. The third-order valence-electron chi connectivity index (χ3n) is 3.52. The van der Waals surface area contributed by atoms with Crippen molar-refractivity contribution in [3.8, 4) is 5.75 Å². The van der Waals surface area contributed by atoms with Crippen molar-refractivity contribution in [2.24, 2.45) is 11.7 Å². The number of rotatable bonds is 5. The molecule has 0 radical (unpaired) electrons. The average molecular weight is 292 g/mol. The summed E-state index contributed by atoms with van der Waals surface area (Å²) in [5, 5.41) is 2.78. The van der Waals surface area contributed by atoms with E-state index in [4.69, 9.17) is 15.2 Å². The summed E-state index contributed by atoms with van der Waals surface area (Å²) in [4.78, 5) is 11.8. The van der Waals surface area contributed by atoms with E-state index >= 15 is 0 Å². The Bertz CT molecular complexity index is 459. The van der Waals surface area contributed by atoms with Crippen LogP contribution in [0.4, 0.5) is 5.69 Å². The molecule has 0 atom stereocenters. The van der Waals surface area contributed by atoms with Crippen molar-refractivity contribution in [3.05, 3.63) is 24.3 Å². The first-order chi connectivity index (χ1) is 9.95. The highest BCUT2D eigenvalue weighted by Crippen LogP contribution is 2.20. The van der Waals surface area contributed by atoms with E-state index in [9.17, 15) is 4.79 Å². The summed E-state index contributed by atoms with van der Waals surface area (Å²) in [6.45, 7) is 5.72. The van der Waals surface area contributed by atoms with Crippen LogP contribution < -0.4 is 15.8 Å². The zero-order valence-electron chi connectivity index (χ0n) is 12.7. The Balaban J connectivity index is 1.82. The molecule has 0 unspecified atom stereocenters. The molecule has 1 heterocycles. The lowest BCUT2D eigenvalue weighted by atomic mass is 10.0. The van der Waals surface area contributed by atoms with Crippen LogP contribution in [0.1, 0.15) is 26.7 Å². The Morgan fingerprint density at radius 2 is 1.95 bits per heavy atom. The lowest BCUT2D eigenvalue weighted by molar-refractivity contribution is -0.120. The summed E-state index contributed by atoms with van der Waals surface area (Å²) in [7, 11) is 0. The molecule has 1 aromatic rings. The number of carbonyl (C=O) groups excluding carboxylic acids is 1. The van der Waals surface area contributed by atoms with Gasteiger partial charge < -0.3 is 20.5 Å². The average Bonchev–Trinajstić information content (AvgIpc) is 2.46. The van der Waals surface area contributed by atoms with Crippen LogP contribution in [0.2, 0.25) is 0 Å². The minimum Gasteiger partial charge on any atom is -0.493 e. The number of anilines is 1. The quantitative estimate of drug-likeness (QED) is 0.872. The second-order valence-corrected chi connectivity index (χ2v) is 6.07. The van der Waals surface area contributed by atoms with Crippen LogP contribution in [0.25, 0.3) is 0 Å². The van der Waals surface area contributed by atoms with E-state index in [0.29, 0.717) is 12.5 Å². The third-order valence-corrected chi connectivity index (χ3v) is 3.52. The van der Waals surface area contributed by atoms with E-state index in [1.54, 1.807) is 13.8 Å². The summed E-state index contributed by atoms with van der Waals surface area (Å²) in [5.74, 6) is 1.17. The normalized spacial score (nSPS) is 16.5. The van der Waals surface area contributed by atoms with Gasteiger partial charge in [-0.3, -0.25) is 4.79 Å². The van der Waals surface area contributed by atoms with Crippen LogP contribution in [0, 0.1) is 5.92 Å². The molecule has 5 nitrogen and oxygen atoms in total. The van der Waals surface area contributed by atoms with Crippen molar-refractivity contribution >= 4 is 11.6 Å². The molecular formula is C16H24N2O3. The van der Waals surface area contributed by atoms with Gasteiger partial charge in [-0.1, -0.05) is 0 Å². The Morgan fingerprint density at radius 1 is 1.33 bits per heavy atom. The smallest absolute Gasteiger partial charge is 0.243 e. The van der Waals surface area contributed by atoms with Crippen LogP contribution in [-0.2, 0) is 9.53 Å². The molecule has 0 saturated carbocycles. The molecule has 0 spiro atoms. The van der Waals surface area contributed by atoms with Gasteiger partial charge in [0.2, 0.25) is 5.91 Å². The number of amides is 1. The number of hydrogen-bond acceptors (Lipinski definition) is 4. The summed E-state index contributed by atoms with van der Waals surface area (Å²) in [6.07, 6.45) is 2.11. The molecule has 3 N–H and O–H groups in total. The van der Waals surface area contributed by atoms with E-state index in [2.05, 4.69) is 5.32 Å².